The van der Waals surface area contributed by atoms with Crippen LogP contribution in [0, 0.1) is 0 Å². The van der Waals surface area contributed by atoms with Gasteiger partial charge in [-0.3, -0.25) is 0 Å². The first-order valence-electron chi connectivity index (χ1n) is 17.9. The molecule has 4 nitrogen and oxygen atoms in total. The lowest BCUT2D eigenvalue weighted by Crippen LogP contribution is -2.00. The first kappa shape index (κ1) is 31.0. The highest BCUT2D eigenvalue weighted by Gasteiger charge is 2.18. The van der Waals surface area contributed by atoms with Crippen LogP contribution in [0.25, 0.3) is 108 Å². The largest absolute Gasteiger partial charge is 0.247 e. The molecule has 4 heterocycles. The normalized spacial score (nSPS) is 11.7. The van der Waals surface area contributed by atoms with Gasteiger partial charge in [0.25, 0.3) is 0 Å². The number of hydrogen-bond donors (Lipinski definition) is 0. The highest BCUT2D eigenvalue weighted by Crippen LogP contribution is 2.43. The molecule has 11 rings (SSSR count). The second kappa shape index (κ2) is 12.5. The molecule has 0 radical (unpaired) electrons. The maximum atomic E-state index is 5.24. The van der Waals surface area contributed by atoms with Gasteiger partial charge in [-0.05, 0) is 41.5 Å². The van der Waals surface area contributed by atoms with E-state index in [1.165, 1.54) is 51.3 Å². The fourth-order valence-corrected chi connectivity index (χ4v) is 9.96. The smallest absolute Gasteiger partial charge is 0.164 e. The highest BCUT2D eigenvalue weighted by atomic mass is 32.1. The summed E-state index contributed by atoms with van der Waals surface area (Å²) in [6.45, 7) is 0. The molecule has 0 aliphatic carbocycles. The fraction of sp³-hybridized carbons (Fsp3) is 0. The molecule has 4 aromatic heterocycles. The first-order valence-corrected chi connectivity index (χ1v) is 19.5. The van der Waals surface area contributed by atoms with Crippen LogP contribution in [0.5, 0.6) is 0 Å². The monoisotopic (exact) mass is 724 g/mol. The molecule has 0 saturated heterocycles. The van der Waals surface area contributed by atoms with Gasteiger partial charge in [-0.1, -0.05) is 140 Å². The van der Waals surface area contributed by atoms with Gasteiger partial charge >= 0.3 is 0 Å². The van der Waals surface area contributed by atoms with E-state index in [4.69, 9.17) is 19.9 Å². The zero-order valence-corrected chi connectivity index (χ0v) is 30.4. The molecule has 0 spiro atoms. The van der Waals surface area contributed by atoms with Crippen LogP contribution in [0.2, 0.25) is 0 Å². The van der Waals surface area contributed by atoms with E-state index in [2.05, 4.69) is 140 Å². The molecule has 7 aromatic carbocycles. The molecule has 0 aliphatic rings. The summed E-state index contributed by atoms with van der Waals surface area (Å²) < 4.78 is 5.10. The molecule has 0 N–H and O–H groups in total. The molecule has 11 aromatic rings. The molecule has 0 amide bonds. The second-order valence-electron chi connectivity index (χ2n) is 13.4. The Hall–Kier alpha value is -6.60. The van der Waals surface area contributed by atoms with Gasteiger partial charge in [-0.15, -0.1) is 22.7 Å². The molecule has 0 saturated carbocycles. The number of rotatable bonds is 5. The molecular weight excluding hydrogens is 697 g/mol. The van der Waals surface area contributed by atoms with Gasteiger partial charge in [-0.25, -0.2) is 19.9 Å². The lowest BCUT2D eigenvalue weighted by Gasteiger charge is -2.11. The predicted octanol–water partition coefficient (Wildman–Crippen LogP) is 13.5. The third kappa shape index (κ3) is 5.11. The van der Waals surface area contributed by atoms with Crippen molar-refractivity contribution in [2.45, 2.75) is 0 Å². The summed E-state index contributed by atoms with van der Waals surface area (Å²) in [7, 11) is 0. The Morgan fingerprint density at radius 1 is 0.333 bits per heavy atom. The fourth-order valence-electron chi connectivity index (χ4n) is 7.59. The SMILES string of the molecule is c1ccc(-c2nc(-c3ccc(-c4nc5ccccc5c5sc6ccccc6c45)cc3)nc(-c3cccc(-c4cccc5sc6ccccc6c45)c3)n2)cc1. The van der Waals surface area contributed by atoms with E-state index >= 15 is 0 Å². The average molecular weight is 725 g/mol. The minimum absolute atomic E-state index is 0.624. The van der Waals surface area contributed by atoms with Crippen LogP contribution in [0.4, 0.5) is 0 Å². The van der Waals surface area contributed by atoms with E-state index in [0.29, 0.717) is 17.5 Å². The molecule has 0 atom stereocenters. The standard InChI is InChI=1S/C48H28N4S2/c1-2-12-30(13-3-1)46-50-47(52-48(51-46)33-15-10-14-32(28-33)34-19-11-23-41-42(34)36-17-5-8-21-39(36)53-41)31-26-24-29(25-27-31)44-43-37-18-6-9-22-40(37)54-45(43)35-16-4-7-20-38(35)49-44/h1-28H. The number of pyridine rings is 1. The number of thiophene rings is 2. The van der Waals surface area contributed by atoms with Crippen LogP contribution >= 0.6 is 22.7 Å². The Balaban J connectivity index is 1.05. The highest BCUT2D eigenvalue weighted by molar-refractivity contribution is 7.27. The van der Waals surface area contributed by atoms with Crippen molar-refractivity contribution in [3.05, 3.63) is 170 Å². The van der Waals surface area contributed by atoms with Crippen LogP contribution in [0.15, 0.2) is 170 Å². The topological polar surface area (TPSA) is 51.6 Å². The minimum atomic E-state index is 0.624. The molecule has 0 unspecified atom stereocenters. The molecular formula is C48H28N4S2. The zero-order valence-electron chi connectivity index (χ0n) is 28.8. The van der Waals surface area contributed by atoms with Gasteiger partial charge in [0.05, 0.1) is 11.2 Å². The lowest BCUT2D eigenvalue weighted by molar-refractivity contribution is 1.07. The van der Waals surface area contributed by atoms with Gasteiger partial charge in [0.15, 0.2) is 17.5 Å². The average Bonchev–Trinajstić information content (AvgIpc) is 3.83. The number of benzene rings is 7. The molecule has 6 heteroatoms. The lowest BCUT2D eigenvalue weighted by atomic mass is 9.98. The number of aromatic nitrogens is 4. The number of nitrogens with zero attached hydrogens (tertiary/aromatic N) is 4. The predicted molar refractivity (Wildman–Crippen MR) is 228 cm³/mol. The van der Waals surface area contributed by atoms with Crippen molar-refractivity contribution in [3.63, 3.8) is 0 Å². The van der Waals surface area contributed by atoms with Crippen LogP contribution in [-0.2, 0) is 0 Å². The Labute approximate surface area is 318 Å². The van der Waals surface area contributed by atoms with Crippen molar-refractivity contribution >= 4 is 73.9 Å². The van der Waals surface area contributed by atoms with Crippen LogP contribution in [-0.4, -0.2) is 19.9 Å². The van der Waals surface area contributed by atoms with Crippen molar-refractivity contribution in [2.75, 3.05) is 0 Å². The van der Waals surface area contributed by atoms with Crippen LogP contribution in [0.3, 0.4) is 0 Å². The maximum Gasteiger partial charge on any atom is 0.164 e. The van der Waals surface area contributed by atoms with Gasteiger partial charge < -0.3 is 0 Å². The van der Waals surface area contributed by atoms with E-state index in [-0.39, 0.29) is 0 Å². The summed E-state index contributed by atoms with van der Waals surface area (Å²) in [5.74, 6) is 1.90. The Bertz CT molecular complexity index is 3220. The van der Waals surface area contributed by atoms with Crippen molar-refractivity contribution < 1.29 is 0 Å². The summed E-state index contributed by atoms with van der Waals surface area (Å²) in [5, 5.41) is 6.18. The van der Waals surface area contributed by atoms with E-state index in [0.717, 1.165) is 39.0 Å². The van der Waals surface area contributed by atoms with E-state index in [9.17, 15) is 0 Å². The third-order valence-corrected chi connectivity index (χ3v) is 12.5. The number of fused-ring (bicyclic) bond motifs is 8. The molecule has 252 valence electrons. The summed E-state index contributed by atoms with van der Waals surface area (Å²) in [6.07, 6.45) is 0. The summed E-state index contributed by atoms with van der Waals surface area (Å²) in [5.41, 5.74) is 8.16. The van der Waals surface area contributed by atoms with Gasteiger partial charge in [0, 0.05) is 68.0 Å². The summed E-state index contributed by atoms with van der Waals surface area (Å²) in [4.78, 5) is 20.5. The molecule has 54 heavy (non-hydrogen) atoms. The van der Waals surface area contributed by atoms with Gasteiger partial charge in [0.1, 0.15) is 0 Å². The summed E-state index contributed by atoms with van der Waals surface area (Å²) in [6, 6.07) is 59.5. The third-order valence-electron chi connectivity index (χ3n) is 10.1. The number of para-hydroxylation sites is 1. The van der Waals surface area contributed by atoms with Gasteiger partial charge in [-0.2, -0.15) is 0 Å². The van der Waals surface area contributed by atoms with E-state index < -0.39 is 0 Å². The second-order valence-corrected chi connectivity index (χ2v) is 15.5. The minimum Gasteiger partial charge on any atom is -0.247 e. The van der Waals surface area contributed by atoms with Crippen molar-refractivity contribution in [2.24, 2.45) is 0 Å². The van der Waals surface area contributed by atoms with Crippen LogP contribution < -0.4 is 0 Å². The van der Waals surface area contributed by atoms with Crippen LogP contribution in [0.1, 0.15) is 0 Å². The summed E-state index contributed by atoms with van der Waals surface area (Å²) >= 11 is 3.67. The number of hydrogen-bond acceptors (Lipinski definition) is 6. The first-order chi connectivity index (χ1) is 26.7. The molecule has 0 fully saturated rings. The van der Waals surface area contributed by atoms with E-state index in [1.807, 2.05) is 53.0 Å². The zero-order chi connectivity index (χ0) is 35.6. The van der Waals surface area contributed by atoms with Gasteiger partial charge in [0.2, 0.25) is 0 Å². The maximum absolute atomic E-state index is 5.24. The Morgan fingerprint density at radius 3 is 1.65 bits per heavy atom. The Morgan fingerprint density at radius 2 is 0.870 bits per heavy atom. The van der Waals surface area contributed by atoms with Crippen molar-refractivity contribution in [1.29, 1.82) is 0 Å². The van der Waals surface area contributed by atoms with Crippen molar-refractivity contribution in [3.8, 4) is 56.5 Å². The molecule has 0 aliphatic heterocycles. The quantitative estimate of drug-likeness (QED) is 0.177. The molecule has 0 bridgehead atoms. The van der Waals surface area contributed by atoms with Crippen molar-refractivity contribution in [1.82, 2.24) is 19.9 Å². The van der Waals surface area contributed by atoms with E-state index in [1.54, 1.807) is 0 Å². The Kier molecular flexibility index (Phi) is 7.18.